The predicted molar refractivity (Wildman–Crippen MR) is 73.0 cm³/mol. The molecular weight excluding hydrogens is 232 g/mol. The molecule has 2 fully saturated rings. The van der Waals surface area contributed by atoms with Gasteiger partial charge in [0.05, 0.1) is 6.04 Å². The van der Waals surface area contributed by atoms with Gasteiger partial charge < -0.3 is 10.2 Å². The maximum absolute atomic E-state index is 12.4. The zero-order chi connectivity index (χ0) is 12.3. The van der Waals surface area contributed by atoms with Crippen LogP contribution in [0, 0.1) is 5.92 Å². The number of nitrogens with zero attached hydrogens (tertiary/aromatic N) is 1. The highest BCUT2D eigenvalue weighted by Crippen LogP contribution is 2.27. The summed E-state index contributed by atoms with van der Waals surface area (Å²) in [5.74, 6) is 3.33. The number of amides is 1. The molecule has 0 aromatic carbocycles. The first kappa shape index (κ1) is 13.0. The molecule has 2 unspecified atom stereocenters. The molecule has 2 aliphatic heterocycles. The number of likely N-dealkylation sites (N-methyl/N-ethyl adjacent to an activating group) is 1. The number of carbonyl (C=O) groups is 1. The van der Waals surface area contributed by atoms with E-state index in [2.05, 4.69) is 11.9 Å². The Labute approximate surface area is 108 Å². The van der Waals surface area contributed by atoms with Gasteiger partial charge in [-0.15, -0.1) is 0 Å². The fraction of sp³-hybridized carbons (Fsp3) is 0.769. The molecule has 2 aliphatic rings. The van der Waals surface area contributed by atoms with Crippen molar-refractivity contribution in [3.63, 3.8) is 0 Å². The average Bonchev–Trinajstić information content (AvgIpc) is 2.79. The third-order valence-corrected chi connectivity index (χ3v) is 4.95. The van der Waals surface area contributed by atoms with Gasteiger partial charge in [-0.1, -0.05) is 6.58 Å². The van der Waals surface area contributed by atoms with Gasteiger partial charge in [0.15, 0.2) is 0 Å². The maximum Gasteiger partial charge on any atom is 0.243 e. The summed E-state index contributed by atoms with van der Waals surface area (Å²) >= 11 is 2.00. The SMILES string of the molecule is C=C1CCCC(NC)C(=O)N1CC1CCSC1. The third-order valence-electron chi connectivity index (χ3n) is 3.72. The molecular formula is C13H22N2OS. The van der Waals surface area contributed by atoms with Crippen LogP contribution in [0.5, 0.6) is 0 Å². The van der Waals surface area contributed by atoms with Crippen LogP contribution in [0.3, 0.4) is 0 Å². The van der Waals surface area contributed by atoms with Gasteiger partial charge in [-0.05, 0) is 50.2 Å². The maximum atomic E-state index is 12.4. The van der Waals surface area contributed by atoms with Gasteiger partial charge in [-0.3, -0.25) is 4.79 Å². The van der Waals surface area contributed by atoms with Crippen LogP contribution in [0.25, 0.3) is 0 Å². The van der Waals surface area contributed by atoms with Crippen LogP contribution in [-0.4, -0.2) is 41.9 Å². The number of likely N-dealkylation sites (tertiary alicyclic amines) is 1. The number of rotatable bonds is 3. The number of allylic oxidation sites excluding steroid dienone is 1. The van der Waals surface area contributed by atoms with Crippen molar-refractivity contribution < 1.29 is 4.79 Å². The molecule has 2 heterocycles. The van der Waals surface area contributed by atoms with Gasteiger partial charge in [0, 0.05) is 12.2 Å². The van der Waals surface area contributed by atoms with Crippen molar-refractivity contribution in [3.05, 3.63) is 12.3 Å². The van der Waals surface area contributed by atoms with Crippen molar-refractivity contribution >= 4 is 17.7 Å². The number of thioether (sulfide) groups is 1. The summed E-state index contributed by atoms with van der Waals surface area (Å²) < 4.78 is 0. The minimum Gasteiger partial charge on any atom is -0.315 e. The summed E-state index contributed by atoms with van der Waals surface area (Å²) in [6.07, 6.45) is 4.20. The molecule has 4 heteroatoms. The molecule has 17 heavy (non-hydrogen) atoms. The van der Waals surface area contributed by atoms with E-state index in [4.69, 9.17) is 0 Å². The van der Waals surface area contributed by atoms with Gasteiger partial charge in [-0.2, -0.15) is 11.8 Å². The largest absolute Gasteiger partial charge is 0.315 e. The van der Waals surface area contributed by atoms with Crippen molar-refractivity contribution in [1.29, 1.82) is 0 Å². The molecule has 0 aliphatic carbocycles. The Morgan fingerprint density at radius 1 is 1.53 bits per heavy atom. The lowest BCUT2D eigenvalue weighted by Crippen LogP contribution is -2.44. The molecule has 96 valence electrons. The summed E-state index contributed by atoms with van der Waals surface area (Å²) in [5, 5.41) is 3.13. The van der Waals surface area contributed by atoms with Crippen molar-refractivity contribution in [2.24, 2.45) is 5.92 Å². The van der Waals surface area contributed by atoms with Crippen LogP contribution in [0.1, 0.15) is 25.7 Å². The highest BCUT2D eigenvalue weighted by molar-refractivity contribution is 7.99. The lowest BCUT2D eigenvalue weighted by atomic mass is 10.1. The summed E-state index contributed by atoms with van der Waals surface area (Å²) in [4.78, 5) is 14.3. The number of hydrogen-bond donors (Lipinski definition) is 1. The molecule has 0 bridgehead atoms. The van der Waals surface area contributed by atoms with Crippen molar-refractivity contribution in [2.45, 2.75) is 31.7 Å². The lowest BCUT2D eigenvalue weighted by molar-refractivity contribution is -0.131. The smallest absolute Gasteiger partial charge is 0.243 e. The Balaban J connectivity index is 2.03. The first-order valence-corrected chi connectivity index (χ1v) is 7.62. The normalized spacial score (nSPS) is 30.8. The Bertz CT molecular complexity index is 300. The molecule has 0 aromatic rings. The van der Waals surface area contributed by atoms with Crippen LogP contribution >= 0.6 is 11.8 Å². The zero-order valence-electron chi connectivity index (χ0n) is 10.6. The van der Waals surface area contributed by atoms with Gasteiger partial charge >= 0.3 is 0 Å². The fourth-order valence-electron chi connectivity index (χ4n) is 2.59. The Morgan fingerprint density at radius 3 is 3.00 bits per heavy atom. The molecule has 3 nitrogen and oxygen atoms in total. The van der Waals surface area contributed by atoms with Gasteiger partial charge in [-0.25, -0.2) is 0 Å². The van der Waals surface area contributed by atoms with E-state index < -0.39 is 0 Å². The van der Waals surface area contributed by atoms with E-state index in [0.717, 1.165) is 31.5 Å². The lowest BCUT2D eigenvalue weighted by Gasteiger charge is -2.28. The van der Waals surface area contributed by atoms with Crippen molar-refractivity contribution in [2.75, 3.05) is 25.1 Å². The van der Waals surface area contributed by atoms with Gasteiger partial charge in [0.2, 0.25) is 5.91 Å². The Kier molecular flexibility index (Phi) is 4.51. The van der Waals surface area contributed by atoms with Crippen LogP contribution in [-0.2, 0) is 4.79 Å². The predicted octanol–water partition coefficient (Wildman–Crippen LogP) is 1.85. The monoisotopic (exact) mass is 254 g/mol. The van der Waals surface area contributed by atoms with Crippen LogP contribution in [0.4, 0.5) is 0 Å². The van der Waals surface area contributed by atoms with E-state index >= 15 is 0 Å². The molecule has 0 saturated carbocycles. The van der Waals surface area contributed by atoms with Crippen molar-refractivity contribution in [1.82, 2.24) is 10.2 Å². The topological polar surface area (TPSA) is 32.3 Å². The average molecular weight is 254 g/mol. The fourth-order valence-corrected chi connectivity index (χ4v) is 3.86. The van der Waals surface area contributed by atoms with E-state index in [0.29, 0.717) is 5.92 Å². The second kappa shape index (κ2) is 5.91. The molecule has 0 spiro atoms. The number of hydrogen-bond acceptors (Lipinski definition) is 3. The first-order valence-electron chi connectivity index (χ1n) is 6.46. The van der Waals surface area contributed by atoms with E-state index in [1.165, 1.54) is 17.9 Å². The summed E-state index contributed by atoms with van der Waals surface area (Å²) in [6, 6.07) is -0.0108. The van der Waals surface area contributed by atoms with Gasteiger partial charge in [0.25, 0.3) is 0 Å². The Hall–Kier alpha value is -0.480. The quantitative estimate of drug-likeness (QED) is 0.834. The standard InChI is InChI=1S/C13H22N2OS/c1-10-4-3-5-12(14-2)13(16)15(10)8-11-6-7-17-9-11/h11-12,14H,1,3-9H2,2H3. The molecule has 0 radical (unpaired) electrons. The summed E-state index contributed by atoms with van der Waals surface area (Å²) in [5.41, 5.74) is 1.02. The highest BCUT2D eigenvalue weighted by Gasteiger charge is 2.30. The second-order valence-corrected chi connectivity index (χ2v) is 6.13. The van der Waals surface area contributed by atoms with E-state index in [1.807, 2.05) is 23.7 Å². The molecule has 2 atom stereocenters. The van der Waals surface area contributed by atoms with Crippen LogP contribution < -0.4 is 5.32 Å². The minimum absolute atomic E-state index is 0.0108. The molecule has 2 rings (SSSR count). The molecule has 1 amide bonds. The van der Waals surface area contributed by atoms with E-state index in [9.17, 15) is 4.79 Å². The van der Waals surface area contributed by atoms with Gasteiger partial charge in [0.1, 0.15) is 0 Å². The molecule has 0 aromatic heterocycles. The second-order valence-electron chi connectivity index (χ2n) is 4.98. The molecule has 1 N–H and O–H groups in total. The number of nitrogens with one attached hydrogen (secondary N) is 1. The number of carbonyl (C=O) groups excluding carboxylic acids is 1. The van der Waals surface area contributed by atoms with Crippen molar-refractivity contribution in [3.8, 4) is 0 Å². The molecule has 2 saturated heterocycles. The third kappa shape index (κ3) is 3.05. The zero-order valence-corrected chi connectivity index (χ0v) is 11.4. The van der Waals surface area contributed by atoms with E-state index in [-0.39, 0.29) is 11.9 Å². The summed E-state index contributed by atoms with van der Waals surface area (Å²) in [6.45, 7) is 4.97. The van der Waals surface area contributed by atoms with Crippen LogP contribution in [0.2, 0.25) is 0 Å². The summed E-state index contributed by atoms with van der Waals surface area (Å²) in [7, 11) is 1.88. The minimum atomic E-state index is -0.0108. The highest BCUT2D eigenvalue weighted by atomic mass is 32.2. The van der Waals surface area contributed by atoms with E-state index in [1.54, 1.807) is 0 Å². The van der Waals surface area contributed by atoms with Crippen LogP contribution in [0.15, 0.2) is 12.3 Å². The Morgan fingerprint density at radius 2 is 2.35 bits per heavy atom. The first-order chi connectivity index (χ1) is 8.22.